The smallest absolute Gasteiger partial charge is 0.265 e. The highest BCUT2D eigenvalue weighted by atomic mass is 35.5. The van der Waals surface area contributed by atoms with E-state index in [1.807, 2.05) is 0 Å². The molecule has 2 rings (SSSR count). The summed E-state index contributed by atoms with van der Waals surface area (Å²) in [5.41, 5.74) is 5.91. The van der Waals surface area contributed by atoms with E-state index in [9.17, 15) is 9.59 Å². The Morgan fingerprint density at radius 3 is 2.55 bits per heavy atom. The minimum absolute atomic E-state index is 0.187. The van der Waals surface area contributed by atoms with Crippen LogP contribution in [0.5, 0.6) is 5.75 Å². The molecule has 7 nitrogen and oxygen atoms in total. The van der Waals surface area contributed by atoms with Crippen LogP contribution in [0.3, 0.4) is 0 Å². The molecule has 0 unspecified atom stereocenters. The van der Waals surface area contributed by atoms with Gasteiger partial charge in [-0.05, 0) is 49.7 Å². The quantitative estimate of drug-likeness (QED) is 0.439. The van der Waals surface area contributed by atoms with Crippen molar-refractivity contribution in [1.82, 2.24) is 5.32 Å². The lowest BCUT2D eigenvalue weighted by molar-refractivity contribution is 0.0956. The first-order valence-corrected chi connectivity index (χ1v) is 10.6. The normalized spacial score (nSPS) is 10.6. The van der Waals surface area contributed by atoms with E-state index >= 15 is 0 Å². The van der Waals surface area contributed by atoms with Crippen molar-refractivity contribution in [2.24, 2.45) is 5.73 Å². The van der Waals surface area contributed by atoms with Gasteiger partial charge in [-0.25, -0.2) is 0 Å². The fourth-order valence-electron chi connectivity index (χ4n) is 2.46. The molecule has 1 aromatic carbocycles. The zero-order valence-electron chi connectivity index (χ0n) is 16.3. The van der Waals surface area contributed by atoms with Gasteiger partial charge in [-0.2, -0.15) is 0 Å². The molecule has 0 fully saturated rings. The van der Waals surface area contributed by atoms with Crippen LogP contribution in [0, 0.1) is 0 Å². The second-order valence-electron chi connectivity index (χ2n) is 6.20. The van der Waals surface area contributed by atoms with E-state index in [-0.39, 0.29) is 11.8 Å². The lowest BCUT2D eigenvalue weighted by atomic mass is 10.2. The lowest BCUT2D eigenvalue weighted by Crippen LogP contribution is -2.23. The van der Waals surface area contributed by atoms with E-state index in [4.69, 9.17) is 26.8 Å². The first kappa shape index (κ1) is 23.2. The number of anilines is 1. The number of unbranched alkanes of at least 4 members (excludes halogenated alkanes) is 2. The number of hydrogen-bond acceptors (Lipinski definition) is 6. The van der Waals surface area contributed by atoms with E-state index in [0.29, 0.717) is 52.5 Å². The Morgan fingerprint density at radius 2 is 1.83 bits per heavy atom. The molecule has 0 aliphatic carbocycles. The number of nitrogens with two attached hydrogens (primary N) is 1. The van der Waals surface area contributed by atoms with Gasteiger partial charge in [0.05, 0.1) is 22.0 Å². The van der Waals surface area contributed by atoms with Crippen molar-refractivity contribution < 1.29 is 19.1 Å². The predicted molar refractivity (Wildman–Crippen MR) is 116 cm³/mol. The molecular formula is C20H26ClN3O4S. The molecule has 9 heteroatoms. The van der Waals surface area contributed by atoms with E-state index in [1.54, 1.807) is 37.4 Å². The molecule has 0 atom stereocenters. The van der Waals surface area contributed by atoms with E-state index < -0.39 is 0 Å². The third-order valence-corrected chi connectivity index (χ3v) is 5.27. The van der Waals surface area contributed by atoms with Gasteiger partial charge >= 0.3 is 0 Å². The molecule has 0 bridgehead atoms. The number of carbonyl (C=O) groups excluding carboxylic acids is 2. The Bertz CT molecular complexity index is 813. The Labute approximate surface area is 179 Å². The van der Waals surface area contributed by atoms with Crippen LogP contribution in [0.4, 0.5) is 5.69 Å². The van der Waals surface area contributed by atoms with Crippen molar-refractivity contribution in [3.8, 4) is 5.75 Å². The minimum Gasteiger partial charge on any atom is -0.489 e. The SMILES string of the molecule is COCCOc1ccc(Cl)cc1NC(=O)c1ccc(C(=O)NCCCCCN)s1. The summed E-state index contributed by atoms with van der Waals surface area (Å²) in [6.07, 6.45) is 2.80. The monoisotopic (exact) mass is 439 g/mol. The fourth-order valence-corrected chi connectivity index (χ4v) is 3.45. The van der Waals surface area contributed by atoms with Crippen LogP contribution in [0.1, 0.15) is 38.6 Å². The van der Waals surface area contributed by atoms with Crippen LogP contribution in [-0.4, -0.2) is 45.2 Å². The Morgan fingerprint density at radius 1 is 1.07 bits per heavy atom. The molecule has 29 heavy (non-hydrogen) atoms. The van der Waals surface area contributed by atoms with Gasteiger partial charge in [-0.1, -0.05) is 18.0 Å². The van der Waals surface area contributed by atoms with Gasteiger partial charge in [0, 0.05) is 18.7 Å². The average molecular weight is 440 g/mol. The van der Waals surface area contributed by atoms with Crippen molar-refractivity contribution in [3.05, 3.63) is 45.1 Å². The maximum atomic E-state index is 12.6. The molecule has 2 aromatic rings. The van der Waals surface area contributed by atoms with Crippen LogP contribution in [-0.2, 0) is 4.74 Å². The van der Waals surface area contributed by atoms with Crippen LogP contribution in [0.2, 0.25) is 5.02 Å². The number of carbonyl (C=O) groups is 2. The standard InChI is InChI=1S/C20H26ClN3O4S/c1-27-11-12-28-16-6-5-14(21)13-15(16)24-20(26)18-8-7-17(29-18)19(25)23-10-4-2-3-9-22/h5-8,13H,2-4,9-12,22H2,1H3,(H,23,25)(H,24,26). The topological polar surface area (TPSA) is 103 Å². The zero-order valence-corrected chi connectivity index (χ0v) is 17.9. The predicted octanol–water partition coefficient (Wildman–Crippen LogP) is 3.54. The third-order valence-electron chi connectivity index (χ3n) is 3.95. The first-order valence-electron chi connectivity index (χ1n) is 9.36. The highest BCUT2D eigenvalue weighted by molar-refractivity contribution is 7.16. The van der Waals surface area contributed by atoms with E-state index in [1.165, 1.54) is 0 Å². The maximum absolute atomic E-state index is 12.6. The van der Waals surface area contributed by atoms with Gasteiger partial charge in [-0.15, -0.1) is 11.3 Å². The molecule has 0 spiro atoms. The molecule has 0 saturated heterocycles. The number of methoxy groups -OCH3 is 1. The number of benzene rings is 1. The Hall–Kier alpha value is -2.13. The molecule has 1 heterocycles. The maximum Gasteiger partial charge on any atom is 0.265 e. The summed E-state index contributed by atoms with van der Waals surface area (Å²) in [5, 5.41) is 6.12. The minimum atomic E-state index is -0.337. The molecular weight excluding hydrogens is 414 g/mol. The van der Waals surface area contributed by atoms with Gasteiger partial charge in [0.25, 0.3) is 11.8 Å². The van der Waals surface area contributed by atoms with Crippen LogP contribution < -0.4 is 21.1 Å². The van der Waals surface area contributed by atoms with Gasteiger partial charge < -0.3 is 25.8 Å². The number of ether oxygens (including phenoxy) is 2. The molecule has 158 valence electrons. The largest absolute Gasteiger partial charge is 0.489 e. The molecule has 0 saturated carbocycles. The number of rotatable bonds is 12. The van der Waals surface area contributed by atoms with Crippen molar-refractivity contribution in [2.75, 3.05) is 38.7 Å². The van der Waals surface area contributed by atoms with Crippen molar-refractivity contribution in [2.45, 2.75) is 19.3 Å². The Kier molecular flexibility index (Phi) is 9.93. The van der Waals surface area contributed by atoms with Crippen molar-refractivity contribution >= 4 is 40.4 Å². The van der Waals surface area contributed by atoms with Gasteiger partial charge in [-0.3, -0.25) is 9.59 Å². The summed E-state index contributed by atoms with van der Waals surface area (Å²) < 4.78 is 10.6. The summed E-state index contributed by atoms with van der Waals surface area (Å²) >= 11 is 7.17. The molecule has 0 radical (unpaired) electrons. The zero-order chi connectivity index (χ0) is 21.1. The molecule has 0 aliphatic heterocycles. The molecule has 4 N–H and O–H groups in total. The highest BCUT2D eigenvalue weighted by Gasteiger charge is 2.16. The first-order chi connectivity index (χ1) is 14.0. The molecule has 1 aromatic heterocycles. The second kappa shape index (κ2) is 12.4. The number of amides is 2. The summed E-state index contributed by atoms with van der Waals surface area (Å²) in [6, 6.07) is 8.25. The summed E-state index contributed by atoms with van der Waals surface area (Å²) in [7, 11) is 1.58. The molecule has 0 aliphatic rings. The Balaban J connectivity index is 1.96. The van der Waals surface area contributed by atoms with Crippen molar-refractivity contribution in [1.29, 1.82) is 0 Å². The summed E-state index contributed by atoms with van der Waals surface area (Å²) in [5.74, 6) is -0.0317. The number of thiophene rings is 1. The van der Waals surface area contributed by atoms with Gasteiger partial charge in [0.2, 0.25) is 0 Å². The van der Waals surface area contributed by atoms with Gasteiger partial charge in [0.1, 0.15) is 12.4 Å². The summed E-state index contributed by atoms with van der Waals surface area (Å²) in [4.78, 5) is 25.7. The van der Waals surface area contributed by atoms with Crippen LogP contribution in [0.25, 0.3) is 0 Å². The number of halogens is 1. The fraction of sp³-hybridized carbons (Fsp3) is 0.400. The summed E-state index contributed by atoms with van der Waals surface area (Å²) in [6.45, 7) is 2.01. The second-order valence-corrected chi connectivity index (χ2v) is 7.73. The average Bonchev–Trinajstić information content (AvgIpc) is 3.20. The number of hydrogen-bond donors (Lipinski definition) is 3. The van der Waals surface area contributed by atoms with Crippen molar-refractivity contribution in [3.63, 3.8) is 0 Å². The number of nitrogens with one attached hydrogen (secondary N) is 2. The highest BCUT2D eigenvalue weighted by Crippen LogP contribution is 2.29. The van der Waals surface area contributed by atoms with Crippen LogP contribution >= 0.6 is 22.9 Å². The van der Waals surface area contributed by atoms with E-state index in [0.717, 1.165) is 30.6 Å². The third kappa shape index (κ3) is 7.66. The van der Waals surface area contributed by atoms with E-state index in [2.05, 4.69) is 10.6 Å². The van der Waals surface area contributed by atoms with Gasteiger partial charge in [0.15, 0.2) is 0 Å². The molecule has 2 amide bonds. The lowest BCUT2D eigenvalue weighted by Gasteiger charge is -2.12. The van der Waals surface area contributed by atoms with Crippen LogP contribution in [0.15, 0.2) is 30.3 Å².